The van der Waals surface area contributed by atoms with Crippen molar-refractivity contribution in [3.63, 3.8) is 0 Å². The quantitative estimate of drug-likeness (QED) is 0.745. The molecule has 0 spiro atoms. The molecule has 0 amide bonds. The summed E-state index contributed by atoms with van der Waals surface area (Å²) in [7, 11) is 0. The van der Waals surface area contributed by atoms with Crippen molar-refractivity contribution >= 4 is 22.9 Å². The number of thioether (sulfide) groups is 1. The average molecular weight is 221 g/mol. The fourth-order valence-corrected chi connectivity index (χ4v) is 2.18. The van der Waals surface area contributed by atoms with Crippen LogP contribution < -0.4 is 0 Å². The van der Waals surface area contributed by atoms with Crippen LogP contribution in [0.5, 0.6) is 0 Å². The van der Waals surface area contributed by atoms with E-state index < -0.39 is 0 Å². The predicted molar refractivity (Wildman–Crippen MR) is 64.8 cm³/mol. The van der Waals surface area contributed by atoms with E-state index in [9.17, 15) is 4.39 Å². The number of halogens is 1. The number of hydrogen-bond donors (Lipinski definition) is 0. The van der Waals surface area contributed by atoms with Crippen LogP contribution in [-0.4, -0.2) is 17.3 Å². The molecule has 2 rings (SSSR count). The second-order valence-corrected chi connectivity index (χ2v) is 4.43. The molecule has 3 heteroatoms. The predicted octanol–water partition coefficient (Wildman–Crippen LogP) is 3.37. The number of hydrogen-bond acceptors (Lipinski definition) is 2. The molecule has 1 heterocycles. The molecule has 0 saturated carbocycles. The van der Waals surface area contributed by atoms with E-state index in [4.69, 9.17) is 0 Å². The lowest BCUT2D eigenvalue weighted by molar-refractivity contribution is 0.627. The first-order valence-corrected chi connectivity index (χ1v) is 5.94. The Hall–Kier alpha value is -1.09. The largest absolute Gasteiger partial charge is 0.278 e. The molecule has 1 nitrogen and oxygen atoms in total. The number of aliphatic imine (C=N–C) groups is 1. The molecule has 15 heavy (non-hydrogen) atoms. The van der Waals surface area contributed by atoms with Crippen LogP contribution in [0, 0.1) is 5.82 Å². The molecule has 0 aliphatic carbocycles. The van der Waals surface area contributed by atoms with Crippen LogP contribution in [0.15, 0.2) is 35.3 Å². The van der Waals surface area contributed by atoms with E-state index in [1.54, 1.807) is 17.8 Å². The SMILES string of the molecule is Fc1cccc(/C=C/C2=NCCCS2)c1. The second kappa shape index (κ2) is 5.12. The van der Waals surface area contributed by atoms with Crippen molar-refractivity contribution in [1.29, 1.82) is 0 Å². The van der Waals surface area contributed by atoms with E-state index in [-0.39, 0.29) is 5.82 Å². The van der Waals surface area contributed by atoms with Gasteiger partial charge in [-0.25, -0.2) is 4.39 Å². The van der Waals surface area contributed by atoms with Crippen LogP contribution in [0.1, 0.15) is 12.0 Å². The highest BCUT2D eigenvalue weighted by molar-refractivity contribution is 8.14. The summed E-state index contributed by atoms with van der Waals surface area (Å²) in [6.07, 6.45) is 5.01. The zero-order valence-electron chi connectivity index (χ0n) is 8.32. The molecule has 0 bridgehead atoms. The maximum absolute atomic E-state index is 12.9. The fourth-order valence-electron chi connectivity index (χ4n) is 1.35. The van der Waals surface area contributed by atoms with Crippen LogP contribution in [0.2, 0.25) is 0 Å². The Morgan fingerprint density at radius 3 is 3.00 bits per heavy atom. The molecule has 1 aliphatic rings. The van der Waals surface area contributed by atoms with Crippen molar-refractivity contribution in [2.75, 3.05) is 12.3 Å². The molecule has 0 saturated heterocycles. The molecule has 1 aromatic carbocycles. The molecule has 78 valence electrons. The number of rotatable bonds is 2. The lowest BCUT2D eigenvalue weighted by atomic mass is 10.2. The van der Waals surface area contributed by atoms with Crippen LogP contribution in [0.3, 0.4) is 0 Å². The Morgan fingerprint density at radius 2 is 2.27 bits per heavy atom. The van der Waals surface area contributed by atoms with E-state index in [0.717, 1.165) is 29.3 Å². The normalized spacial score (nSPS) is 16.7. The highest BCUT2D eigenvalue weighted by Gasteiger charge is 2.01. The summed E-state index contributed by atoms with van der Waals surface area (Å²) in [6.45, 7) is 0.913. The topological polar surface area (TPSA) is 12.4 Å². The third-order valence-electron chi connectivity index (χ3n) is 2.09. The molecule has 0 unspecified atom stereocenters. The summed E-state index contributed by atoms with van der Waals surface area (Å²) < 4.78 is 12.9. The second-order valence-electron chi connectivity index (χ2n) is 3.31. The minimum absolute atomic E-state index is 0.199. The Labute approximate surface area is 93.1 Å². The molecule has 0 radical (unpaired) electrons. The van der Waals surface area contributed by atoms with Gasteiger partial charge < -0.3 is 0 Å². The minimum Gasteiger partial charge on any atom is -0.278 e. The van der Waals surface area contributed by atoms with Crippen molar-refractivity contribution < 1.29 is 4.39 Å². The van der Waals surface area contributed by atoms with Gasteiger partial charge in [0.05, 0.1) is 5.04 Å². The Morgan fingerprint density at radius 1 is 1.33 bits per heavy atom. The molecular formula is C12H12FNS. The van der Waals surface area contributed by atoms with Crippen molar-refractivity contribution in [2.45, 2.75) is 6.42 Å². The van der Waals surface area contributed by atoms with Crippen LogP contribution >= 0.6 is 11.8 Å². The summed E-state index contributed by atoms with van der Waals surface area (Å²) in [5.74, 6) is 0.933. The van der Waals surface area contributed by atoms with Gasteiger partial charge in [0, 0.05) is 12.3 Å². The van der Waals surface area contributed by atoms with Gasteiger partial charge in [0.25, 0.3) is 0 Å². The van der Waals surface area contributed by atoms with Gasteiger partial charge in [-0.1, -0.05) is 18.2 Å². The van der Waals surface area contributed by atoms with Gasteiger partial charge in [0.2, 0.25) is 0 Å². The lowest BCUT2D eigenvalue weighted by Gasteiger charge is -2.06. The Kier molecular flexibility index (Phi) is 3.56. The molecule has 0 N–H and O–H groups in total. The Bertz CT molecular complexity index is 398. The molecular weight excluding hydrogens is 209 g/mol. The van der Waals surface area contributed by atoms with Gasteiger partial charge in [0.1, 0.15) is 5.82 Å². The fraction of sp³-hybridized carbons (Fsp3) is 0.250. The maximum Gasteiger partial charge on any atom is 0.123 e. The van der Waals surface area contributed by atoms with Gasteiger partial charge >= 0.3 is 0 Å². The van der Waals surface area contributed by atoms with Gasteiger partial charge in [0.15, 0.2) is 0 Å². The van der Waals surface area contributed by atoms with Crippen molar-refractivity contribution in [2.24, 2.45) is 4.99 Å². The van der Waals surface area contributed by atoms with E-state index in [2.05, 4.69) is 4.99 Å². The first kappa shape index (κ1) is 10.4. The van der Waals surface area contributed by atoms with E-state index in [1.807, 2.05) is 18.2 Å². The van der Waals surface area contributed by atoms with Gasteiger partial charge in [-0.05, 0) is 30.2 Å². The maximum atomic E-state index is 12.9. The van der Waals surface area contributed by atoms with Crippen LogP contribution in [0.25, 0.3) is 6.08 Å². The lowest BCUT2D eigenvalue weighted by Crippen LogP contribution is -2.00. The first-order valence-electron chi connectivity index (χ1n) is 4.95. The summed E-state index contributed by atoms with van der Waals surface area (Å²) in [5.41, 5.74) is 0.879. The number of nitrogens with zero attached hydrogens (tertiary/aromatic N) is 1. The summed E-state index contributed by atoms with van der Waals surface area (Å²) in [4.78, 5) is 4.37. The van der Waals surface area contributed by atoms with Crippen molar-refractivity contribution in [3.05, 3.63) is 41.7 Å². The van der Waals surface area contributed by atoms with Crippen molar-refractivity contribution in [3.8, 4) is 0 Å². The average Bonchev–Trinajstić information content (AvgIpc) is 2.28. The van der Waals surface area contributed by atoms with Gasteiger partial charge in [-0.15, -0.1) is 11.8 Å². The van der Waals surface area contributed by atoms with Crippen LogP contribution in [-0.2, 0) is 0 Å². The van der Waals surface area contributed by atoms with Gasteiger partial charge in [-0.2, -0.15) is 0 Å². The Balaban J connectivity index is 2.07. The third kappa shape index (κ3) is 3.20. The highest BCUT2D eigenvalue weighted by atomic mass is 32.2. The summed E-state index contributed by atoms with van der Waals surface area (Å²) in [6, 6.07) is 6.56. The molecule has 1 aliphatic heterocycles. The van der Waals surface area contributed by atoms with E-state index >= 15 is 0 Å². The number of benzene rings is 1. The van der Waals surface area contributed by atoms with E-state index in [0.29, 0.717) is 0 Å². The third-order valence-corrected chi connectivity index (χ3v) is 3.14. The summed E-state index contributed by atoms with van der Waals surface area (Å²) >= 11 is 1.76. The zero-order valence-corrected chi connectivity index (χ0v) is 9.14. The first-order chi connectivity index (χ1) is 7.34. The molecule has 0 aromatic heterocycles. The standard InChI is InChI=1S/C12H12FNS/c13-11-4-1-3-10(9-11)5-6-12-14-7-2-8-15-12/h1,3-6,9H,2,7-8H2/b6-5+. The monoisotopic (exact) mass is 221 g/mol. The minimum atomic E-state index is -0.199. The van der Waals surface area contributed by atoms with Crippen LogP contribution in [0.4, 0.5) is 4.39 Å². The molecule has 0 atom stereocenters. The van der Waals surface area contributed by atoms with Gasteiger partial charge in [-0.3, -0.25) is 4.99 Å². The van der Waals surface area contributed by atoms with E-state index in [1.165, 1.54) is 12.1 Å². The highest BCUT2D eigenvalue weighted by Crippen LogP contribution is 2.14. The smallest absolute Gasteiger partial charge is 0.123 e. The molecule has 0 fully saturated rings. The molecule has 1 aromatic rings. The zero-order chi connectivity index (χ0) is 10.5. The summed E-state index contributed by atoms with van der Waals surface area (Å²) in [5, 5.41) is 1.05. The van der Waals surface area contributed by atoms with Crippen molar-refractivity contribution in [1.82, 2.24) is 0 Å².